The molecule has 3 heterocycles. The Hall–Kier alpha value is -2.64. The minimum Gasteiger partial charge on any atom is -0.486 e. The smallest absolute Gasteiger partial charge is 0.275 e. The molecule has 1 fully saturated rings. The summed E-state index contributed by atoms with van der Waals surface area (Å²) in [7, 11) is 0. The Bertz CT molecular complexity index is 996. The molecule has 6 nitrogen and oxygen atoms in total. The van der Waals surface area contributed by atoms with Crippen molar-refractivity contribution in [2.45, 2.75) is 24.9 Å². The van der Waals surface area contributed by atoms with Crippen molar-refractivity contribution < 1.29 is 19.2 Å². The summed E-state index contributed by atoms with van der Waals surface area (Å²) in [5.74, 6) is 2.10. The molecular weight excluding hydrogens is 398 g/mol. The second-order valence-corrected chi connectivity index (χ2v) is 9.08. The third-order valence-corrected chi connectivity index (χ3v) is 7.06. The zero-order valence-electron chi connectivity index (χ0n) is 16.8. The number of thiazole rings is 1. The minimum atomic E-state index is -0.149. The van der Waals surface area contributed by atoms with Gasteiger partial charge < -0.3 is 19.7 Å². The average molecular weight is 425 g/mol. The van der Waals surface area contributed by atoms with Crippen molar-refractivity contribution in [2.24, 2.45) is 0 Å². The van der Waals surface area contributed by atoms with Crippen molar-refractivity contribution in [3.63, 3.8) is 0 Å². The summed E-state index contributed by atoms with van der Waals surface area (Å²) in [4.78, 5) is 18.6. The van der Waals surface area contributed by atoms with Crippen LogP contribution in [0, 0.1) is 0 Å². The highest BCUT2D eigenvalue weighted by Gasteiger charge is 2.27. The summed E-state index contributed by atoms with van der Waals surface area (Å²) in [5.41, 5.74) is 1.10. The SMILES string of the molecule is O=C(C[NH+]1CCC(c2nc3ccccc3s2)CC1)NC[C@H]1COc2ccccc2O1. The third kappa shape index (κ3) is 4.27. The van der Waals surface area contributed by atoms with Crippen molar-refractivity contribution >= 4 is 27.5 Å². The number of amides is 1. The fourth-order valence-corrected chi connectivity index (χ4v) is 5.33. The standard InChI is InChI=1S/C23H25N3O3S/c27-22(24-13-17-15-28-19-6-2-3-7-20(19)29-17)14-26-11-9-16(10-12-26)23-25-18-5-1-4-8-21(18)30-23/h1-8,16-17H,9-15H2,(H,24,27)/p+1/t17-/m0/s1. The molecule has 0 bridgehead atoms. The predicted molar refractivity (Wildman–Crippen MR) is 117 cm³/mol. The lowest BCUT2D eigenvalue weighted by atomic mass is 9.97. The molecule has 2 N–H and O–H groups in total. The van der Waals surface area contributed by atoms with Crippen LogP contribution in [0.5, 0.6) is 11.5 Å². The lowest BCUT2D eigenvalue weighted by Gasteiger charge is -2.29. The average Bonchev–Trinajstić information content (AvgIpc) is 3.22. The van der Waals surface area contributed by atoms with Gasteiger partial charge >= 0.3 is 0 Å². The number of hydrogen-bond acceptors (Lipinski definition) is 5. The number of nitrogens with one attached hydrogen (secondary N) is 2. The van der Waals surface area contributed by atoms with Crippen molar-refractivity contribution in [3.8, 4) is 11.5 Å². The Labute approximate surface area is 179 Å². The number of aromatic nitrogens is 1. The molecule has 0 spiro atoms. The van der Waals surface area contributed by atoms with Crippen LogP contribution in [0.1, 0.15) is 23.8 Å². The van der Waals surface area contributed by atoms with Gasteiger partial charge in [0.25, 0.3) is 5.91 Å². The maximum atomic E-state index is 12.4. The Morgan fingerprint density at radius 1 is 1.10 bits per heavy atom. The van der Waals surface area contributed by atoms with E-state index in [0.29, 0.717) is 25.6 Å². The van der Waals surface area contributed by atoms with Gasteiger partial charge in [-0.15, -0.1) is 11.3 Å². The van der Waals surface area contributed by atoms with E-state index in [-0.39, 0.29) is 12.0 Å². The number of piperidine rings is 1. The van der Waals surface area contributed by atoms with Crippen molar-refractivity contribution in [2.75, 3.05) is 32.8 Å². The molecule has 1 atom stereocenters. The molecule has 0 unspecified atom stereocenters. The highest BCUT2D eigenvalue weighted by Crippen LogP contribution is 2.32. The van der Waals surface area contributed by atoms with Crippen LogP contribution in [-0.4, -0.2) is 49.8 Å². The first-order valence-electron chi connectivity index (χ1n) is 10.6. The molecule has 0 aliphatic carbocycles. The molecule has 1 amide bonds. The van der Waals surface area contributed by atoms with Gasteiger partial charge in [-0.05, 0) is 24.3 Å². The largest absolute Gasteiger partial charge is 0.486 e. The Morgan fingerprint density at radius 3 is 2.70 bits per heavy atom. The molecule has 2 aromatic carbocycles. The molecule has 1 aromatic heterocycles. The second kappa shape index (κ2) is 8.62. The van der Waals surface area contributed by atoms with Gasteiger partial charge in [0.2, 0.25) is 0 Å². The normalized spacial score (nSPS) is 23.3. The number of hydrogen-bond donors (Lipinski definition) is 2. The van der Waals surface area contributed by atoms with Crippen LogP contribution in [0.2, 0.25) is 0 Å². The van der Waals surface area contributed by atoms with Gasteiger partial charge in [0, 0.05) is 18.8 Å². The number of quaternary nitrogens is 1. The molecule has 1 saturated heterocycles. The van der Waals surface area contributed by atoms with E-state index in [0.717, 1.165) is 42.9 Å². The first kappa shape index (κ1) is 19.3. The maximum Gasteiger partial charge on any atom is 0.275 e. The molecule has 3 aromatic rings. The number of carbonyl (C=O) groups is 1. The number of nitrogens with zero attached hydrogens (tertiary/aromatic N) is 1. The quantitative estimate of drug-likeness (QED) is 0.658. The number of ether oxygens (including phenoxy) is 2. The van der Waals surface area contributed by atoms with E-state index < -0.39 is 0 Å². The molecular formula is C23H26N3O3S+. The summed E-state index contributed by atoms with van der Waals surface area (Å²) in [5, 5.41) is 4.26. The number of rotatable bonds is 5. The summed E-state index contributed by atoms with van der Waals surface area (Å²) in [6, 6.07) is 16.0. The summed E-state index contributed by atoms with van der Waals surface area (Å²) in [6.45, 7) is 3.44. The van der Waals surface area contributed by atoms with E-state index in [1.807, 2.05) is 41.7 Å². The molecule has 0 radical (unpaired) electrons. The van der Waals surface area contributed by atoms with Crippen LogP contribution >= 0.6 is 11.3 Å². The van der Waals surface area contributed by atoms with Gasteiger partial charge in [-0.3, -0.25) is 4.79 Å². The van der Waals surface area contributed by atoms with E-state index >= 15 is 0 Å². The monoisotopic (exact) mass is 424 g/mol. The van der Waals surface area contributed by atoms with E-state index in [2.05, 4.69) is 23.5 Å². The number of para-hydroxylation sites is 3. The van der Waals surface area contributed by atoms with Crippen LogP contribution in [0.25, 0.3) is 10.2 Å². The van der Waals surface area contributed by atoms with E-state index in [1.165, 1.54) is 14.6 Å². The van der Waals surface area contributed by atoms with E-state index in [9.17, 15) is 4.79 Å². The zero-order valence-corrected chi connectivity index (χ0v) is 17.6. The molecule has 0 saturated carbocycles. The van der Waals surface area contributed by atoms with Crippen molar-refractivity contribution in [1.29, 1.82) is 0 Å². The highest BCUT2D eigenvalue weighted by atomic mass is 32.1. The van der Waals surface area contributed by atoms with Gasteiger partial charge in [0.05, 0.1) is 34.9 Å². The maximum absolute atomic E-state index is 12.4. The fourth-order valence-electron chi connectivity index (χ4n) is 4.20. The number of likely N-dealkylation sites (tertiary alicyclic amines) is 1. The Balaban J connectivity index is 1.07. The van der Waals surface area contributed by atoms with E-state index in [1.54, 1.807) is 0 Å². The number of carbonyl (C=O) groups excluding carboxylic acids is 1. The molecule has 5 rings (SSSR count). The fraction of sp³-hybridized carbons (Fsp3) is 0.391. The third-order valence-electron chi connectivity index (χ3n) is 5.86. The number of fused-ring (bicyclic) bond motifs is 2. The summed E-state index contributed by atoms with van der Waals surface area (Å²) >= 11 is 1.81. The molecule has 2 aliphatic rings. The van der Waals surface area contributed by atoms with Crippen molar-refractivity contribution in [3.05, 3.63) is 53.5 Å². The predicted octanol–water partition coefficient (Wildman–Crippen LogP) is 2.01. The van der Waals surface area contributed by atoms with Gasteiger partial charge in [0.15, 0.2) is 18.0 Å². The van der Waals surface area contributed by atoms with Crippen LogP contribution in [-0.2, 0) is 4.79 Å². The first-order valence-corrected chi connectivity index (χ1v) is 11.4. The van der Waals surface area contributed by atoms with Gasteiger partial charge in [0.1, 0.15) is 12.7 Å². The van der Waals surface area contributed by atoms with Crippen LogP contribution in [0.3, 0.4) is 0 Å². The van der Waals surface area contributed by atoms with Gasteiger partial charge in [-0.1, -0.05) is 24.3 Å². The molecule has 30 heavy (non-hydrogen) atoms. The summed E-state index contributed by atoms with van der Waals surface area (Å²) in [6.07, 6.45) is 2.01. The van der Waals surface area contributed by atoms with Crippen LogP contribution in [0.15, 0.2) is 48.5 Å². The lowest BCUT2D eigenvalue weighted by Crippen LogP contribution is -3.14. The van der Waals surface area contributed by atoms with E-state index in [4.69, 9.17) is 14.5 Å². The van der Waals surface area contributed by atoms with Crippen LogP contribution in [0.4, 0.5) is 0 Å². The lowest BCUT2D eigenvalue weighted by molar-refractivity contribution is -0.897. The van der Waals surface area contributed by atoms with Gasteiger partial charge in [-0.2, -0.15) is 0 Å². The molecule has 7 heteroatoms. The molecule has 2 aliphatic heterocycles. The Morgan fingerprint density at radius 2 is 1.87 bits per heavy atom. The number of benzene rings is 2. The highest BCUT2D eigenvalue weighted by molar-refractivity contribution is 7.18. The zero-order chi connectivity index (χ0) is 20.3. The van der Waals surface area contributed by atoms with Gasteiger partial charge in [-0.25, -0.2) is 4.98 Å². The molecule has 156 valence electrons. The topological polar surface area (TPSA) is 64.9 Å². The first-order chi connectivity index (χ1) is 14.7. The van der Waals surface area contributed by atoms with Crippen LogP contribution < -0.4 is 19.7 Å². The second-order valence-electron chi connectivity index (χ2n) is 8.02. The summed E-state index contributed by atoms with van der Waals surface area (Å²) < 4.78 is 12.9. The minimum absolute atomic E-state index is 0.0749. The Kier molecular flexibility index (Phi) is 5.55. The van der Waals surface area contributed by atoms with Crippen molar-refractivity contribution in [1.82, 2.24) is 10.3 Å².